The van der Waals surface area contributed by atoms with E-state index < -0.39 is 6.10 Å². The molecule has 0 heterocycles. The molecule has 0 saturated carbocycles. The third-order valence-electron chi connectivity index (χ3n) is 3.83. The molecule has 0 aliphatic heterocycles. The van der Waals surface area contributed by atoms with Crippen LogP contribution in [0.5, 0.6) is 0 Å². The summed E-state index contributed by atoms with van der Waals surface area (Å²) in [5, 5.41) is 13.4. The van der Waals surface area contributed by atoms with Crippen LogP contribution in [0.1, 0.15) is 63.2 Å². The van der Waals surface area contributed by atoms with Crippen LogP contribution in [0, 0.1) is 0 Å². The Bertz CT molecular complexity index is 330. The molecule has 2 unspecified atom stereocenters. The van der Waals surface area contributed by atoms with Gasteiger partial charge in [0.05, 0.1) is 6.10 Å². The number of hydrogen-bond acceptors (Lipinski definition) is 2. The van der Waals surface area contributed by atoms with Gasteiger partial charge >= 0.3 is 0 Å². The summed E-state index contributed by atoms with van der Waals surface area (Å²) in [5.74, 6) is 0. The molecule has 0 bridgehead atoms. The maximum atomic E-state index is 10.3. The van der Waals surface area contributed by atoms with E-state index in [1.165, 1.54) is 31.2 Å². The molecule has 1 aromatic carbocycles. The fraction of sp³-hybridized carbons (Fsp3) is 0.647. The van der Waals surface area contributed by atoms with Crippen LogP contribution < -0.4 is 5.32 Å². The molecule has 0 aromatic heterocycles. The van der Waals surface area contributed by atoms with Crippen LogP contribution in [0.4, 0.5) is 0 Å². The molecule has 19 heavy (non-hydrogen) atoms. The van der Waals surface area contributed by atoms with Crippen molar-refractivity contribution in [1.29, 1.82) is 0 Å². The zero-order chi connectivity index (χ0) is 14.1. The van der Waals surface area contributed by atoms with Gasteiger partial charge in [-0.15, -0.1) is 0 Å². The second kappa shape index (κ2) is 9.11. The van der Waals surface area contributed by atoms with Crippen LogP contribution in [0.25, 0.3) is 0 Å². The summed E-state index contributed by atoms with van der Waals surface area (Å²) in [6.45, 7) is 4.33. The first-order valence-electron chi connectivity index (χ1n) is 7.67. The van der Waals surface area contributed by atoms with Crippen molar-refractivity contribution < 1.29 is 5.11 Å². The molecule has 0 amide bonds. The van der Waals surface area contributed by atoms with Crippen LogP contribution in [-0.2, 0) is 6.42 Å². The smallest absolute Gasteiger partial charge is 0.0942 e. The summed E-state index contributed by atoms with van der Waals surface area (Å²) in [4.78, 5) is 0. The van der Waals surface area contributed by atoms with Crippen molar-refractivity contribution >= 4 is 0 Å². The lowest BCUT2D eigenvalue weighted by atomic mass is 9.98. The predicted octanol–water partition coefficient (Wildman–Crippen LogP) is 3.84. The van der Waals surface area contributed by atoms with Gasteiger partial charge in [-0.2, -0.15) is 0 Å². The van der Waals surface area contributed by atoms with Crippen molar-refractivity contribution in [3.05, 3.63) is 35.4 Å². The van der Waals surface area contributed by atoms with Crippen molar-refractivity contribution in [3.63, 3.8) is 0 Å². The Labute approximate surface area is 118 Å². The van der Waals surface area contributed by atoms with E-state index in [4.69, 9.17) is 0 Å². The van der Waals surface area contributed by atoms with Crippen molar-refractivity contribution in [2.45, 2.75) is 64.5 Å². The fourth-order valence-corrected chi connectivity index (χ4v) is 2.45. The third kappa shape index (κ3) is 5.33. The van der Waals surface area contributed by atoms with E-state index in [9.17, 15) is 5.11 Å². The molecule has 0 aliphatic rings. The van der Waals surface area contributed by atoms with Gasteiger partial charge in [-0.3, -0.25) is 0 Å². The summed E-state index contributed by atoms with van der Waals surface area (Å²) < 4.78 is 0. The van der Waals surface area contributed by atoms with Crippen LogP contribution in [0.15, 0.2) is 24.3 Å². The molecule has 0 fully saturated rings. The second-order valence-corrected chi connectivity index (χ2v) is 5.30. The summed E-state index contributed by atoms with van der Waals surface area (Å²) >= 11 is 0. The first-order chi connectivity index (χ1) is 9.22. The average molecular weight is 263 g/mol. The number of rotatable bonds is 9. The molecular weight excluding hydrogens is 234 g/mol. The van der Waals surface area contributed by atoms with E-state index in [0.717, 1.165) is 18.4 Å². The number of aryl methyl sites for hydroxylation is 1. The van der Waals surface area contributed by atoms with Gasteiger partial charge < -0.3 is 10.4 Å². The fourth-order valence-electron chi connectivity index (χ4n) is 2.45. The lowest BCUT2D eigenvalue weighted by Gasteiger charge is -2.21. The van der Waals surface area contributed by atoms with Crippen LogP contribution in [0.2, 0.25) is 0 Å². The molecule has 1 aromatic rings. The lowest BCUT2D eigenvalue weighted by molar-refractivity contribution is 0.130. The predicted molar refractivity (Wildman–Crippen MR) is 82.4 cm³/mol. The van der Waals surface area contributed by atoms with E-state index in [1.807, 2.05) is 7.05 Å². The Balaban J connectivity index is 2.51. The quantitative estimate of drug-likeness (QED) is 0.663. The van der Waals surface area contributed by atoms with Crippen molar-refractivity contribution in [2.24, 2.45) is 0 Å². The molecule has 2 nitrogen and oxygen atoms in total. The van der Waals surface area contributed by atoms with Gasteiger partial charge in [-0.25, -0.2) is 0 Å². The minimum Gasteiger partial charge on any atom is -0.387 e. The number of benzene rings is 1. The second-order valence-electron chi connectivity index (χ2n) is 5.30. The zero-order valence-corrected chi connectivity index (χ0v) is 12.7. The molecule has 0 spiro atoms. The topological polar surface area (TPSA) is 32.3 Å². The summed E-state index contributed by atoms with van der Waals surface area (Å²) in [5.41, 5.74) is 2.39. The van der Waals surface area contributed by atoms with E-state index in [1.54, 1.807) is 0 Å². The Morgan fingerprint density at radius 2 is 1.74 bits per heavy atom. The van der Waals surface area contributed by atoms with E-state index in [2.05, 4.69) is 43.4 Å². The standard InChI is InChI=1S/C17H29NO/c1-4-6-7-8-9-14-10-12-15(13-11-14)17(19)16(5-2)18-3/h10-13,16-19H,4-9H2,1-3H3. The molecule has 0 radical (unpaired) electrons. The highest BCUT2D eigenvalue weighted by molar-refractivity contribution is 5.25. The van der Waals surface area contributed by atoms with Gasteiger partial charge in [0.15, 0.2) is 0 Å². The van der Waals surface area contributed by atoms with E-state index in [0.29, 0.717) is 0 Å². The first-order valence-corrected chi connectivity index (χ1v) is 7.67. The summed E-state index contributed by atoms with van der Waals surface area (Å²) in [6.07, 6.45) is 6.87. The van der Waals surface area contributed by atoms with Gasteiger partial charge in [0.2, 0.25) is 0 Å². The largest absolute Gasteiger partial charge is 0.387 e. The molecule has 2 N–H and O–H groups in total. The van der Waals surface area contributed by atoms with Crippen LogP contribution in [-0.4, -0.2) is 18.2 Å². The minimum atomic E-state index is -0.413. The third-order valence-corrected chi connectivity index (χ3v) is 3.83. The monoisotopic (exact) mass is 263 g/mol. The summed E-state index contributed by atoms with van der Waals surface area (Å²) in [7, 11) is 1.90. The maximum Gasteiger partial charge on any atom is 0.0942 e. The molecular formula is C17H29NO. The highest BCUT2D eigenvalue weighted by Crippen LogP contribution is 2.20. The van der Waals surface area contributed by atoms with E-state index >= 15 is 0 Å². The van der Waals surface area contributed by atoms with Crippen LogP contribution >= 0.6 is 0 Å². The van der Waals surface area contributed by atoms with Crippen molar-refractivity contribution in [2.75, 3.05) is 7.05 Å². The molecule has 2 heteroatoms. The molecule has 0 aliphatic carbocycles. The number of likely N-dealkylation sites (N-methyl/N-ethyl adjacent to an activating group) is 1. The minimum absolute atomic E-state index is 0.135. The Morgan fingerprint density at radius 1 is 1.05 bits per heavy atom. The Kier molecular flexibility index (Phi) is 7.76. The molecule has 1 rings (SSSR count). The Morgan fingerprint density at radius 3 is 2.26 bits per heavy atom. The highest BCUT2D eigenvalue weighted by atomic mass is 16.3. The van der Waals surface area contributed by atoms with Gasteiger partial charge in [-0.05, 0) is 37.4 Å². The normalized spacial score (nSPS) is 14.3. The maximum absolute atomic E-state index is 10.3. The first kappa shape index (κ1) is 16.2. The van der Waals surface area contributed by atoms with Gasteiger partial charge in [0, 0.05) is 6.04 Å². The molecule has 108 valence electrons. The molecule has 2 atom stereocenters. The number of unbranched alkanes of at least 4 members (excludes halogenated alkanes) is 3. The average Bonchev–Trinajstić information content (AvgIpc) is 2.45. The number of aliphatic hydroxyl groups excluding tert-OH is 1. The number of aliphatic hydroxyl groups is 1. The highest BCUT2D eigenvalue weighted by Gasteiger charge is 2.16. The summed E-state index contributed by atoms with van der Waals surface area (Å²) in [6, 6.07) is 8.59. The van der Waals surface area contributed by atoms with Crippen molar-refractivity contribution in [3.8, 4) is 0 Å². The lowest BCUT2D eigenvalue weighted by Crippen LogP contribution is -2.31. The zero-order valence-electron chi connectivity index (χ0n) is 12.7. The Hall–Kier alpha value is -0.860. The van der Waals surface area contributed by atoms with Gasteiger partial charge in [0.1, 0.15) is 0 Å². The van der Waals surface area contributed by atoms with E-state index in [-0.39, 0.29) is 6.04 Å². The van der Waals surface area contributed by atoms with Crippen LogP contribution in [0.3, 0.4) is 0 Å². The number of nitrogens with one attached hydrogen (secondary N) is 1. The van der Waals surface area contributed by atoms with Crippen molar-refractivity contribution in [1.82, 2.24) is 5.32 Å². The SMILES string of the molecule is CCCCCCc1ccc(C(O)C(CC)NC)cc1. The van der Waals surface area contributed by atoms with Gasteiger partial charge in [-0.1, -0.05) is 57.4 Å². The number of hydrogen-bond donors (Lipinski definition) is 2. The van der Waals surface area contributed by atoms with Gasteiger partial charge in [0.25, 0.3) is 0 Å². The molecule has 0 saturated heterocycles.